The van der Waals surface area contributed by atoms with Crippen molar-refractivity contribution in [3.8, 4) is 0 Å². The number of halogens is 1. The normalized spacial score (nSPS) is 11.6. The molecule has 0 amide bonds. The summed E-state index contributed by atoms with van der Waals surface area (Å²) in [6.45, 7) is 3.51. The minimum atomic E-state index is -3.63. The van der Waals surface area contributed by atoms with E-state index < -0.39 is 15.8 Å². The van der Waals surface area contributed by atoms with Gasteiger partial charge in [-0.15, -0.1) is 0 Å². The summed E-state index contributed by atoms with van der Waals surface area (Å²) >= 11 is 0. The van der Waals surface area contributed by atoms with Gasteiger partial charge in [-0.05, 0) is 49.1 Å². The fraction of sp³-hybridized carbons (Fsp3) is 0.250. The summed E-state index contributed by atoms with van der Waals surface area (Å²) in [6.07, 6.45) is 0.610. The van der Waals surface area contributed by atoms with Gasteiger partial charge in [0.05, 0.1) is 4.90 Å². The van der Waals surface area contributed by atoms with Gasteiger partial charge in [0, 0.05) is 6.54 Å². The Hall–Kier alpha value is -1.72. The molecule has 0 spiro atoms. The van der Waals surface area contributed by atoms with E-state index in [0.29, 0.717) is 24.1 Å². The number of hydrogen-bond acceptors (Lipinski definition) is 2. The minimum absolute atomic E-state index is 0.164. The van der Waals surface area contributed by atoms with E-state index in [2.05, 4.69) is 4.72 Å². The van der Waals surface area contributed by atoms with E-state index in [-0.39, 0.29) is 4.90 Å². The average Bonchev–Trinajstić information content (AvgIpc) is 2.38. The molecule has 5 heteroatoms. The van der Waals surface area contributed by atoms with E-state index in [1.54, 1.807) is 13.8 Å². The first-order chi connectivity index (χ1) is 9.90. The predicted molar refractivity (Wildman–Crippen MR) is 81.2 cm³/mol. The molecule has 0 saturated heterocycles. The molecule has 0 heterocycles. The van der Waals surface area contributed by atoms with E-state index in [9.17, 15) is 12.8 Å². The maximum absolute atomic E-state index is 13.3. The summed E-state index contributed by atoms with van der Waals surface area (Å²) < 4.78 is 40.5. The number of rotatable bonds is 5. The predicted octanol–water partition coefficient (Wildman–Crippen LogP) is 2.96. The molecule has 0 radical (unpaired) electrons. The van der Waals surface area contributed by atoms with Crippen LogP contribution in [0.1, 0.15) is 16.7 Å². The van der Waals surface area contributed by atoms with E-state index in [1.807, 2.05) is 30.3 Å². The summed E-state index contributed by atoms with van der Waals surface area (Å²) in [5.74, 6) is -0.423. The zero-order valence-electron chi connectivity index (χ0n) is 12.1. The Labute approximate surface area is 124 Å². The van der Waals surface area contributed by atoms with Crippen LogP contribution in [0.15, 0.2) is 47.4 Å². The van der Waals surface area contributed by atoms with Gasteiger partial charge in [0.1, 0.15) is 5.82 Å². The zero-order chi connectivity index (χ0) is 15.5. The molecule has 3 nitrogen and oxygen atoms in total. The molecule has 112 valence electrons. The van der Waals surface area contributed by atoms with Crippen LogP contribution in [0.3, 0.4) is 0 Å². The van der Waals surface area contributed by atoms with Crippen LogP contribution in [0.25, 0.3) is 0 Å². The first kappa shape index (κ1) is 15.7. The highest BCUT2D eigenvalue weighted by atomic mass is 32.2. The van der Waals surface area contributed by atoms with Crippen LogP contribution in [0.5, 0.6) is 0 Å². The monoisotopic (exact) mass is 307 g/mol. The van der Waals surface area contributed by atoms with E-state index in [0.717, 1.165) is 5.56 Å². The molecule has 2 rings (SSSR count). The lowest BCUT2D eigenvalue weighted by Crippen LogP contribution is -2.27. The van der Waals surface area contributed by atoms with Gasteiger partial charge in [-0.25, -0.2) is 17.5 Å². The summed E-state index contributed by atoms with van der Waals surface area (Å²) in [5, 5.41) is 0. The van der Waals surface area contributed by atoms with Crippen LogP contribution < -0.4 is 4.72 Å². The minimum Gasteiger partial charge on any atom is -0.211 e. The highest BCUT2D eigenvalue weighted by Gasteiger charge is 2.19. The Morgan fingerprint density at radius 1 is 1.05 bits per heavy atom. The van der Waals surface area contributed by atoms with E-state index >= 15 is 0 Å². The second-order valence-electron chi connectivity index (χ2n) is 5.00. The second-order valence-corrected chi connectivity index (χ2v) is 6.71. The van der Waals surface area contributed by atoms with Gasteiger partial charge in [-0.3, -0.25) is 0 Å². The third-order valence-electron chi connectivity index (χ3n) is 3.24. The first-order valence-electron chi connectivity index (χ1n) is 6.70. The Morgan fingerprint density at radius 2 is 1.62 bits per heavy atom. The van der Waals surface area contributed by atoms with Crippen molar-refractivity contribution in [3.05, 3.63) is 65.0 Å². The van der Waals surface area contributed by atoms with Crippen LogP contribution in [-0.2, 0) is 16.4 Å². The topological polar surface area (TPSA) is 46.2 Å². The van der Waals surface area contributed by atoms with Gasteiger partial charge in [-0.2, -0.15) is 0 Å². The van der Waals surface area contributed by atoms with E-state index in [1.165, 1.54) is 12.1 Å². The standard InChI is InChI=1S/C16H18FNO2S/c1-12-10-15(17)11-13(2)16(12)21(19,20)18-9-8-14-6-4-3-5-7-14/h3-7,10-11,18H,8-9H2,1-2H3. The van der Waals surface area contributed by atoms with Crippen molar-refractivity contribution >= 4 is 10.0 Å². The molecule has 0 bridgehead atoms. The number of sulfonamides is 1. The average molecular weight is 307 g/mol. The number of nitrogens with one attached hydrogen (secondary N) is 1. The molecule has 0 aliphatic heterocycles. The quantitative estimate of drug-likeness (QED) is 0.923. The molecule has 21 heavy (non-hydrogen) atoms. The Bertz CT molecular complexity index is 704. The van der Waals surface area contributed by atoms with Crippen LogP contribution in [0.2, 0.25) is 0 Å². The van der Waals surface area contributed by atoms with Gasteiger partial charge in [0.15, 0.2) is 0 Å². The fourth-order valence-corrected chi connectivity index (χ4v) is 3.85. The second kappa shape index (κ2) is 6.37. The van der Waals surface area contributed by atoms with Crippen LogP contribution in [0.4, 0.5) is 4.39 Å². The number of hydrogen-bond donors (Lipinski definition) is 1. The molecule has 0 saturated carbocycles. The van der Waals surface area contributed by atoms with Crippen molar-refractivity contribution < 1.29 is 12.8 Å². The van der Waals surface area contributed by atoms with Crippen molar-refractivity contribution in [1.82, 2.24) is 4.72 Å². The molecule has 0 fully saturated rings. The molecule has 2 aromatic carbocycles. The van der Waals surface area contributed by atoms with Gasteiger partial charge in [-0.1, -0.05) is 30.3 Å². The maximum atomic E-state index is 13.3. The molecule has 2 aromatic rings. The molecular formula is C16H18FNO2S. The van der Waals surface area contributed by atoms with Crippen molar-refractivity contribution in [2.75, 3.05) is 6.54 Å². The lowest BCUT2D eigenvalue weighted by atomic mass is 10.1. The van der Waals surface area contributed by atoms with Gasteiger partial charge < -0.3 is 0 Å². The van der Waals surface area contributed by atoms with Crippen molar-refractivity contribution in [2.24, 2.45) is 0 Å². The van der Waals surface area contributed by atoms with Crippen LogP contribution >= 0.6 is 0 Å². The maximum Gasteiger partial charge on any atom is 0.241 e. The highest BCUT2D eigenvalue weighted by molar-refractivity contribution is 7.89. The third kappa shape index (κ3) is 3.89. The number of aryl methyl sites for hydroxylation is 2. The van der Waals surface area contributed by atoms with Crippen molar-refractivity contribution in [2.45, 2.75) is 25.2 Å². The largest absolute Gasteiger partial charge is 0.241 e. The molecule has 0 aromatic heterocycles. The smallest absolute Gasteiger partial charge is 0.211 e. The highest BCUT2D eigenvalue weighted by Crippen LogP contribution is 2.21. The molecule has 0 aliphatic rings. The van der Waals surface area contributed by atoms with Crippen molar-refractivity contribution in [1.29, 1.82) is 0 Å². The molecule has 1 N–H and O–H groups in total. The SMILES string of the molecule is Cc1cc(F)cc(C)c1S(=O)(=O)NCCc1ccccc1. The Kier molecular flexibility index (Phi) is 4.75. The summed E-state index contributed by atoms with van der Waals surface area (Å²) in [6, 6.07) is 12.1. The van der Waals surface area contributed by atoms with Gasteiger partial charge in [0.25, 0.3) is 0 Å². The molecule has 0 unspecified atom stereocenters. The number of benzene rings is 2. The van der Waals surface area contributed by atoms with Gasteiger partial charge in [0.2, 0.25) is 10.0 Å². The lowest BCUT2D eigenvalue weighted by Gasteiger charge is -2.12. The van der Waals surface area contributed by atoms with Crippen molar-refractivity contribution in [3.63, 3.8) is 0 Å². The summed E-state index contributed by atoms with van der Waals surface area (Å²) in [7, 11) is -3.63. The summed E-state index contributed by atoms with van der Waals surface area (Å²) in [4.78, 5) is 0.164. The van der Waals surface area contributed by atoms with Gasteiger partial charge >= 0.3 is 0 Å². The molecular weight excluding hydrogens is 289 g/mol. The zero-order valence-corrected chi connectivity index (χ0v) is 12.9. The summed E-state index contributed by atoms with van der Waals surface area (Å²) in [5.41, 5.74) is 1.90. The first-order valence-corrected chi connectivity index (χ1v) is 8.19. The van der Waals surface area contributed by atoms with E-state index in [4.69, 9.17) is 0 Å². The third-order valence-corrected chi connectivity index (χ3v) is 5.01. The lowest BCUT2D eigenvalue weighted by molar-refractivity contribution is 0.579. The molecule has 0 atom stereocenters. The Morgan fingerprint density at radius 3 is 2.19 bits per heavy atom. The molecule has 0 aliphatic carbocycles. The Balaban J connectivity index is 2.12. The van der Waals surface area contributed by atoms with Crippen LogP contribution in [0, 0.1) is 19.7 Å². The fourth-order valence-electron chi connectivity index (χ4n) is 2.37. The van der Waals surface area contributed by atoms with Crippen LogP contribution in [-0.4, -0.2) is 15.0 Å².